The molecule has 24 heavy (non-hydrogen) atoms. The average Bonchev–Trinajstić information content (AvgIpc) is 3.04. The van der Waals surface area contributed by atoms with Gasteiger partial charge in [0, 0.05) is 16.3 Å². The summed E-state index contributed by atoms with van der Waals surface area (Å²) in [6.07, 6.45) is 0. The molecule has 8 heteroatoms. The van der Waals surface area contributed by atoms with E-state index in [0.29, 0.717) is 21.6 Å². The minimum absolute atomic E-state index is 0.114. The predicted molar refractivity (Wildman–Crippen MR) is 101 cm³/mol. The number of aromatic nitrogens is 2. The zero-order valence-corrected chi connectivity index (χ0v) is 15.3. The molecule has 0 aliphatic rings. The Kier molecular flexibility index (Phi) is 5.73. The van der Waals surface area contributed by atoms with Crippen molar-refractivity contribution in [1.29, 1.82) is 0 Å². The molecule has 0 unspecified atom stereocenters. The number of carbonyl (C=O) groups excluding carboxylic acids is 1. The lowest BCUT2D eigenvalue weighted by Gasteiger charge is -2.03. The van der Waals surface area contributed by atoms with E-state index in [4.69, 9.17) is 23.2 Å². The summed E-state index contributed by atoms with van der Waals surface area (Å²) in [7, 11) is 0. The molecule has 1 aromatic heterocycles. The van der Waals surface area contributed by atoms with Crippen molar-refractivity contribution in [3.8, 4) is 11.4 Å². The van der Waals surface area contributed by atoms with Gasteiger partial charge in [0.05, 0.1) is 10.8 Å². The first kappa shape index (κ1) is 17.2. The molecule has 0 aliphatic carbocycles. The Labute approximate surface area is 157 Å². The molecule has 1 amide bonds. The molecular formula is C16H11Cl2N3OS2. The van der Waals surface area contributed by atoms with Crippen LogP contribution >= 0.6 is 46.5 Å². The van der Waals surface area contributed by atoms with Gasteiger partial charge in [-0.1, -0.05) is 47.1 Å². The molecule has 3 aromatic rings. The van der Waals surface area contributed by atoms with Gasteiger partial charge in [-0.2, -0.15) is 4.37 Å². The molecule has 0 bridgehead atoms. The van der Waals surface area contributed by atoms with Crippen LogP contribution in [0.15, 0.2) is 52.9 Å². The first-order chi connectivity index (χ1) is 11.6. The van der Waals surface area contributed by atoms with Gasteiger partial charge in [0.25, 0.3) is 0 Å². The quantitative estimate of drug-likeness (QED) is 0.599. The molecule has 0 saturated heterocycles. The van der Waals surface area contributed by atoms with Gasteiger partial charge in [-0.3, -0.25) is 4.79 Å². The van der Waals surface area contributed by atoms with Gasteiger partial charge in [0.2, 0.25) is 5.91 Å². The number of hydrogen-bond acceptors (Lipinski definition) is 5. The smallest absolute Gasteiger partial charge is 0.234 e. The number of rotatable bonds is 5. The molecule has 0 fully saturated rings. The normalized spacial score (nSPS) is 10.6. The van der Waals surface area contributed by atoms with Crippen LogP contribution in [-0.2, 0) is 4.79 Å². The number of hydrogen-bond donors (Lipinski definition) is 1. The van der Waals surface area contributed by atoms with E-state index < -0.39 is 0 Å². The highest BCUT2D eigenvalue weighted by atomic mass is 35.5. The summed E-state index contributed by atoms with van der Waals surface area (Å²) < 4.78 is 5.02. The SMILES string of the molecule is O=C(CSc1nc(-c2ccccc2Cl)ns1)Nc1ccc(Cl)cc1. The molecular weight excluding hydrogens is 385 g/mol. The lowest BCUT2D eigenvalue weighted by atomic mass is 10.2. The molecule has 3 rings (SSSR count). The molecule has 0 saturated carbocycles. The third-order valence-corrected chi connectivity index (χ3v) is 5.39. The van der Waals surface area contributed by atoms with Crippen molar-refractivity contribution in [1.82, 2.24) is 9.36 Å². The van der Waals surface area contributed by atoms with Crippen LogP contribution in [0.2, 0.25) is 10.0 Å². The van der Waals surface area contributed by atoms with E-state index in [1.807, 2.05) is 18.2 Å². The number of nitrogens with zero attached hydrogens (tertiary/aromatic N) is 2. The lowest BCUT2D eigenvalue weighted by Crippen LogP contribution is -2.13. The fourth-order valence-electron chi connectivity index (χ4n) is 1.88. The number of thioether (sulfide) groups is 1. The van der Waals surface area contributed by atoms with Crippen molar-refractivity contribution >= 4 is 58.1 Å². The Bertz CT molecular complexity index is 853. The highest BCUT2D eigenvalue weighted by Crippen LogP contribution is 2.29. The van der Waals surface area contributed by atoms with Crippen molar-refractivity contribution in [3.63, 3.8) is 0 Å². The van der Waals surface area contributed by atoms with Crippen molar-refractivity contribution in [2.24, 2.45) is 0 Å². The molecule has 0 aliphatic heterocycles. The Hall–Kier alpha value is -1.60. The second kappa shape index (κ2) is 7.98. The summed E-state index contributed by atoms with van der Waals surface area (Å²) in [5.41, 5.74) is 1.49. The van der Waals surface area contributed by atoms with Gasteiger partial charge < -0.3 is 5.32 Å². The molecule has 4 nitrogen and oxygen atoms in total. The van der Waals surface area contributed by atoms with Crippen molar-refractivity contribution in [2.45, 2.75) is 4.34 Å². The second-order valence-corrected chi connectivity index (χ2v) is 7.53. The zero-order valence-electron chi connectivity index (χ0n) is 12.2. The average molecular weight is 396 g/mol. The maximum Gasteiger partial charge on any atom is 0.234 e. The molecule has 0 radical (unpaired) electrons. The van der Waals surface area contributed by atoms with Gasteiger partial charge in [-0.05, 0) is 47.9 Å². The van der Waals surface area contributed by atoms with Gasteiger partial charge >= 0.3 is 0 Å². The fraction of sp³-hybridized carbons (Fsp3) is 0.0625. The zero-order chi connectivity index (χ0) is 16.9. The van der Waals surface area contributed by atoms with Crippen LogP contribution in [0.3, 0.4) is 0 Å². The van der Waals surface area contributed by atoms with Crippen LogP contribution in [0.25, 0.3) is 11.4 Å². The number of benzene rings is 2. The van der Waals surface area contributed by atoms with Crippen molar-refractivity contribution < 1.29 is 4.79 Å². The highest BCUT2D eigenvalue weighted by molar-refractivity contribution is 8.01. The van der Waals surface area contributed by atoms with E-state index in [1.54, 1.807) is 30.3 Å². The molecule has 1 N–H and O–H groups in total. The number of carbonyl (C=O) groups is 1. The predicted octanol–water partition coefficient (Wildman–Crippen LogP) is 5.24. The minimum Gasteiger partial charge on any atom is -0.325 e. The number of nitrogens with one attached hydrogen (secondary N) is 1. The number of halogens is 2. The van der Waals surface area contributed by atoms with Crippen molar-refractivity contribution in [3.05, 3.63) is 58.6 Å². The summed E-state index contributed by atoms with van der Waals surface area (Å²) in [5, 5.41) is 4.04. The van der Waals surface area contributed by atoms with E-state index >= 15 is 0 Å². The molecule has 2 aromatic carbocycles. The minimum atomic E-state index is -0.114. The van der Waals surface area contributed by atoms with Gasteiger partial charge in [-0.15, -0.1) is 0 Å². The van der Waals surface area contributed by atoms with Crippen LogP contribution in [-0.4, -0.2) is 21.0 Å². The summed E-state index contributed by atoms with van der Waals surface area (Å²) in [6.45, 7) is 0. The van der Waals surface area contributed by atoms with Gasteiger partial charge in [0.15, 0.2) is 10.2 Å². The maximum absolute atomic E-state index is 12.0. The molecule has 1 heterocycles. The van der Waals surface area contributed by atoms with Gasteiger partial charge in [-0.25, -0.2) is 4.98 Å². The molecule has 122 valence electrons. The maximum atomic E-state index is 12.0. The highest BCUT2D eigenvalue weighted by Gasteiger charge is 2.11. The van der Waals surface area contributed by atoms with E-state index in [1.165, 1.54) is 23.3 Å². The number of anilines is 1. The summed E-state index contributed by atoms with van der Waals surface area (Å²) >= 11 is 14.5. The Morgan fingerprint density at radius 3 is 2.62 bits per heavy atom. The van der Waals surface area contributed by atoms with E-state index in [-0.39, 0.29) is 11.7 Å². The van der Waals surface area contributed by atoms with E-state index in [0.717, 1.165) is 9.90 Å². The first-order valence-corrected chi connectivity index (χ1v) is 9.40. The topological polar surface area (TPSA) is 54.9 Å². The van der Waals surface area contributed by atoms with Crippen LogP contribution in [0.4, 0.5) is 5.69 Å². The largest absolute Gasteiger partial charge is 0.325 e. The summed E-state index contributed by atoms with van der Waals surface area (Å²) in [5.74, 6) is 0.711. The van der Waals surface area contributed by atoms with Crippen LogP contribution < -0.4 is 5.32 Å². The Morgan fingerprint density at radius 1 is 1.12 bits per heavy atom. The third-order valence-electron chi connectivity index (χ3n) is 2.98. The van der Waals surface area contributed by atoms with E-state index in [2.05, 4.69) is 14.7 Å². The van der Waals surface area contributed by atoms with Crippen LogP contribution in [0, 0.1) is 0 Å². The number of amides is 1. The molecule has 0 spiro atoms. The Balaban J connectivity index is 1.58. The second-order valence-electron chi connectivity index (χ2n) is 4.71. The molecule has 0 atom stereocenters. The van der Waals surface area contributed by atoms with Crippen LogP contribution in [0.5, 0.6) is 0 Å². The third kappa shape index (κ3) is 4.48. The van der Waals surface area contributed by atoms with Gasteiger partial charge in [0.1, 0.15) is 0 Å². The monoisotopic (exact) mass is 395 g/mol. The van der Waals surface area contributed by atoms with Crippen LogP contribution in [0.1, 0.15) is 0 Å². The van der Waals surface area contributed by atoms with Crippen molar-refractivity contribution in [2.75, 3.05) is 11.1 Å². The summed E-state index contributed by atoms with van der Waals surface area (Å²) in [4.78, 5) is 16.4. The first-order valence-electron chi connectivity index (χ1n) is 6.88. The standard InChI is InChI=1S/C16H11Cl2N3OS2/c17-10-5-7-11(8-6-10)19-14(22)9-23-16-20-15(21-24-16)12-3-1-2-4-13(12)18/h1-8H,9H2,(H,19,22). The lowest BCUT2D eigenvalue weighted by molar-refractivity contribution is -0.113. The Morgan fingerprint density at radius 2 is 1.88 bits per heavy atom. The summed E-state index contributed by atoms with van der Waals surface area (Å²) in [6, 6.07) is 14.4. The van der Waals surface area contributed by atoms with E-state index in [9.17, 15) is 4.79 Å². The fourth-order valence-corrected chi connectivity index (χ4v) is 3.63.